The zero-order chi connectivity index (χ0) is 10.8. The number of carbonyl (C=O) groups excluding carboxylic acids is 1. The summed E-state index contributed by atoms with van der Waals surface area (Å²) in [4.78, 5) is 12.6. The van der Waals surface area contributed by atoms with E-state index in [4.69, 9.17) is 0 Å². The Bertz CT molecular complexity index is 375. The van der Waals surface area contributed by atoms with Gasteiger partial charge in [0.15, 0.2) is 0 Å². The minimum atomic E-state index is -0.631. The Morgan fingerprint density at radius 1 is 1.27 bits per heavy atom. The van der Waals surface area contributed by atoms with Crippen LogP contribution in [0.1, 0.15) is 5.56 Å². The van der Waals surface area contributed by atoms with Crippen LogP contribution in [-0.2, 0) is 6.54 Å². The minimum Gasteiger partial charge on any atom is -0.317 e. The van der Waals surface area contributed by atoms with Crippen LogP contribution >= 0.6 is 0 Å². The Kier molecular flexibility index (Phi) is 2.53. The molecule has 0 atom stereocenters. The highest BCUT2D eigenvalue weighted by Crippen LogP contribution is 2.12. The van der Waals surface area contributed by atoms with Crippen molar-refractivity contribution in [2.24, 2.45) is 0 Å². The van der Waals surface area contributed by atoms with E-state index in [1.165, 1.54) is 17.0 Å². The van der Waals surface area contributed by atoms with E-state index in [0.717, 1.165) is 6.07 Å². The van der Waals surface area contributed by atoms with Crippen LogP contribution in [0.2, 0.25) is 0 Å². The lowest BCUT2D eigenvalue weighted by molar-refractivity contribution is 0.215. The number of halogens is 2. The van der Waals surface area contributed by atoms with Gasteiger partial charge in [-0.05, 0) is 17.7 Å². The first-order valence-electron chi connectivity index (χ1n) is 4.56. The summed E-state index contributed by atoms with van der Waals surface area (Å²) in [6, 6.07) is 2.92. The topological polar surface area (TPSA) is 34.4 Å². The van der Waals surface area contributed by atoms with E-state index in [1.54, 1.807) is 0 Å². The molecule has 1 radical (unpaired) electrons. The molecule has 1 aliphatic rings. The van der Waals surface area contributed by atoms with E-state index in [2.05, 4.69) is 5.32 Å². The van der Waals surface area contributed by atoms with Gasteiger partial charge in [-0.2, -0.15) is 0 Å². The number of benzene rings is 1. The highest BCUT2D eigenvalue weighted by molar-refractivity contribution is 5.75. The predicted octanol–water partition coefficient (Wildman–Crippen LogP) is 1.50. The van der Waals surface area contributed by atoms with Gasteiger partial charge in [0.05, 0.1) is 6.54 Å². The van der Waals surface area contributed by atoms with Crippen LogP contribution in [0.3, 0.4) is 0 Å². The van der Waals surface area contributed by atoms with Gasteiger partial charge in [-0.25, -0.2) is 18.9 Å². The summed E-state index contributed by atoms with van der Waals surface area (Å²) in [7, 11) is 0. The molecule has 0 saturated carbocycles. The maximum Gasteiger partial charge on any atom is 0.339 e. The second-order valence-corrected chi connectivity index (χ2v) is 3.36. The molecule has 0 spiro atoms. The highest BCUT2D eigenvalue weighted by atomic mass is 19.1. The Balaban J connectivity index is 2.13. The van der Waals surface area contributed by atoms with E-state index in [0.29, 0.717) is 18.7 Å². The monoisotopic (exact) mass is 211 g/mol. The molecule has 15 heavy (non-hydrogen) atoms. The van der Waals surface area contributed by atoms with Crippen molar-refractivity contribution in [3.8, 4) is 0 Å². The number of nitrogens with zero attached hydrogens (tertiary/aromatic N) is 2. The second kappa shape index (κ2) is 3.84. The van der Waals surface area contributed by atoms with Crippen LogP contribution < -0.4 is 5.32 Å². The van der Waals surface area contributed by atoms with Crippen LogP contribution in [0, 0.1) is 11.6 Å². The Hall–Kier alpha value is -1.65. The molecule has 0 unspecified atom stereocenters. The van der Waals surface area contributed by atoms with Crippen molar-refractivity contribution in [3.05, 3.63) is 35.4 Å². The molecule has 1 heterocycles. The number of rotatable bonds is 2. The van der Waals surface area contributed by atoms with Crippen LogP contribution in [0.25, 0.3) is 0 Å². The molecule has 3 nitrogen and oxygen atoms in total. The third kappa shape index (κ3) is 2.23. The summed E-state index contributed by atoms with van der Waals surface area (Å²) < 4.78 is 25.7. The van der Waals surface area contributed by atoms with E-state index in [9.17, 15) is 13.6 Å². The smallest absolute Gasteiger partial charge is 0.317 e. The number of hydrogen-bond donors (Lipinski definition) is 0. The predicted molar refractivity (Wildman–Crippen MR) is 49.2 cm³/mol. The summed E-state index contributed by atoms with van der Waals surface area (Å²) in [6.07, 6.45) is 0. The molecule has 1 aromatic rings. The first-order chi connectivity index (χ1) is 7.15. The van der Waals surface area contributed by atoms with Gasteiger partial charge in [0.25, 0.3) is 0 Å². The summed E-state index contributed by atoms with van der Waals surface area (Å²) >= 11 is 0. The normalized spacial score (nSPS) is 15.6. The molecule has 79 valence electrons. The molecule has 2 rings (SSSR count). The van der Waals surface area contributed by atoms with Crippen molar-refractivity contribution < 1.29 is 13.6 Å². The maximum absolute atomic E-state index is 12.8. The van der Waals surface area contributed by atoms with Gasteiger partial charge in [0.1, 0.15) is 11.6 Å². The van der Waals surface area contributed by atoms with Gasteiger partial charge in [-0.3, -0.25) is 0 Å². The summed E-state index contributed by atoms with van der Waals surface area (Å²) in [5.74, 6) is -1.26. The number of urea groups is 1. The lowest BCUT2D eigenvalue weighted by atomic mass is 10.2. The van der Waals surface area contributed by atoms with Crippen molar-refractivity contribution in [1.82, 2.24) is 10.2 Å². The molecular formula is C10H9F2N2O. The molecule has 0 aromatic heterocycles. The van der Waals surface area contributed by atoms with Gasteiger partial charge < -0.3 is 4.90 Å². The number of amides is 2. The Morgan fingerprint density at radius 2 is 1.93 bits per heavy atom. The third-order valence-corrected chi connectivity index (χ3v) is 2.18. The zero-order valence-electron chi connectivity index (χ0n) is 7.91. The maximum atomic E-state index is 12.8. The summed E-state index contributed by atoms with van der Waals surface area (Å²) in [6.45, 7) is 1.17. The number of carbonyl (C=O) groups is 1. The fraction of sp³-hybridized carbons (Fsp3) is 0.300. The standard InChI is InChI=1S/C10H9F2N2O/c11-8-3-7(4-9(12)5-8)6-14-2-1-13-10(14)15/h3-5H,1-2,6H2. The fourth-order valence-corrected chi connectivity index (χ4v) is 1.53. The first-order valence-corrected chi connectivity index (χ1v) is 4.56. The molecule has 1 fully saturated rings. The molecule has 2 amide bonds. The van der Waals surface area contributed by atoms with E-state index < -0.39 is 11.6 Å². The van der Waals surface area contributed by atoms with Gasteiger partial charge >= 0.3 is 6.03 Å². The van der Waals surface area contributed by atoms with E-state index in [1.807, 2.05) is 0 Å². The largest absolute Gasteiger partial charge is 0.339 e. The van der Waals surface area contributed by atoms with Crippen LogP contribution in [0.5, 0.6) is 0 Å². The fourth-order valence-electron chi connectivity index (χ4n) is 1.53. The lowest BCUT2D eigenvalue weighted by Crippen LogP contribution is -2.25. The van der Waals surface area contributed by atoms with Crippen molar-refractivity contribution in [3.63, 3.8) is 0 Å². The van der Waals surface area contributed by atoms with Crippen molar-refractivity contribution >= 4 is 6.03 Å². The minimum absolute atomic E-state index is 0.205. The van der Waals surface area contributed by atoms with Gasteiger partial charge in [0, 0.05) is 19.2 Å². The number of hydrogen-bond acceptors (Lipinski definition) is 1. The average molecular weight is 211 g/mol. The first kappa shape index (κ1) is 9.89. The highest BCUT2D eigenvalue weighted by Gasteiger charge is 2.21. The average Bonchev–Trinajstić information content (AvgIpc) is 2.50. The summed E-state index contributed by atoms with van der Waals surface area (Å²) in [5, 5.41) is 3.66. The van der Waals surface area contributed by atoms with E-state index in [-0.39, 0.29) is 12.6 Å². The van der Waals surface area contributed by atoms with Crippen LogP contribution in [0.4, 0.5) is 13.6 Å². The van der Waals surface area contributed by atoms with Crippen LogP contribution in [-0.4, -0.2) is 24.0 Å². The van der Waals surface area contributed by atoms with Gasteiger partial charge in [-0.1, -0.05) is 0 Å². The Morgan fingerprint density at radius 3 is 2.47 bits per heavy atom. The molecule has 0 aliphatic carbocycles. The molecule has 5 heteroatoms. The SMILES string of the molecule is O=C1[N]CCN1Cc1cc(F)cc(F)c1. The molecule has 1 aromatic carbocycles. The van der Waals surface area contributed by atoms with Crippen molar-refractivity contribution in [1.29, 1.82) is 0 Å². The lowest BCUT2D eigenvalue weighted by Gasteiger charge is -2.13. The molecule has 1 saturated heterocycles. The molecule has 0 N–H and O–H groups in total. The third-order valence-electron chi connectivity index (χ3n) is 2.18. The second-order valence-electron chi connectivity index (χ2n) is 3.36. The quantitative estimate of drug-likeness (QED) is 0.730. The zero-order valence-corrected chi connectivity index (χ0v) is 7.91. The van der Waals surface area contributed by atoms with E-state index >= 15 is 0 Å². The van der Waals surface area contributed by atoms with Crippen molar-refractivity contribution in [2.75, 3.05) is 13.1 Å². The molecule has 0 bridgehead atoms. The Labute approximate surface area is 85.7 Å². The van der Waals surface area contributed by atoms with Crippen LogP contribution in [0.15, 0.2) is 18.2 Å². The summed E-state index contributed by atoms with van der Waals surface area (Å²) in [5.41, 5.74) is 0.443. The molecule has 1 aliphatic heterocycles. The van der Waals surface area contributed by atoms with Crippen molar-refractivity contribution in [2.45, 2.75) is 6.54 Å². The molecular weight excluding hydrogens is 202 g/mol. The van der Waals surface area contributed by atoms with Gasteiger partial charge in [0.2, 0.25) is 0 Å². The van der Waals surface area contributed by atoms with Gasteiger partial charge in [-0.15, -0.1) is 0 Å².